The molecule has 0 spiro atoms. The van der Waals surface area contributed by atoms with Gasteiger partial charge in [0.2, 0.25) is 0 Å². The molecule has 0 amide bonds. The molecule has 1 atom stereocenters. The Labute approximate surface area is 86.8 Å². The van der Waals surface area contributed by atoms with Crippen LogP contribution in [0.3, 0.4) is 0 Å². The second kappa shape index (κ2) is 3.48. The number of nitrogens with two attached hydrogens (primary N) is 1. The number of rotatable bonds is 2. The van der Waals surface area contributed by atoms with Crippen molar-refractivity contribution >= 4 is 5.69 Å². The molecule has 1 aromatic rings. The molecule has 15 heavy (non-hydrogen) atoms. The summed E-state index contributed by atoms with van der Waals surface area (Å²) >= 11 is 0. The fourth-order valence-electron chi connectivity index (χ4n) is 1.90. The van der Waals surface area contributed by atoms with Crippen molar-refractivity contribution in [2.75, 3.05) is 18.9 Å². The van der Waals surface area contributed by atoms with Crippen molar-refractivity contribution in [2.24, 2.45) is 0 Å². The molecule has 1 aliphatic heterocycles. The van der Waals surface area contributed by atoms with E-state index in [9.17, 15) is 8.78 Å². The quantitative estimate of drug-likeness (QED) is 0.822. The van der Waals surface area contributed by atoms with Crippen LogP contribution in [0.15, 0.2) is 12.3 Å². The van der Waals surface area contributed by atoms with Gasteiger partial charge in [0.25, 0.3) is 5.92 Å². The summed E-state index contributed by atoms with van der Waals surface area (Å²) in [6.45, 7) is 1.99. The summed E-state index contributed by atoms with van der Waals surface area (Å²) in [6, 6.07) is 1.32. The predicted molar refractivity (Wildman–Crippen MR) is 52.9 cm³/mol. The highest BCUT2D eigenvalue weighted by molar-refractivity contribution is 5.40. The van der Waals surface area contributed by atoms with Crippen LogP contribution in [0.4, 0.5) is 14.5 Å². The van der Waals surface area contributed by atoms with E-state index in [1.54, 1.807) is 10.8 Å². The smallest absolute Gasteiger partial charge is 0.285 e. The number of anilines is 1. The SMILES string of the molecule is CC(F)(F)c1cc(N)cn1[C@@H]1CCOC1. The number of halogens is 2. The van der Waals surface area contributed by atoms with E-state index in [4.69, 9.17) is 10.5 Å². The summed E-state index contributed by atoms with van der Waals surface area (Å²) in [5.41, 5.74) is 5.89. The molecule has 3 nitrogen and oxygen atoms in total. The van der Waals surface area contributed by atoms with Gasteiger partial charge in [-0.2, -0.15) is 0 Å². The van der Waals surface area contributed by atoms with Crippen LogP contribution in [-0.4, -0.2) is 17.8 Å². The third-order valence-electron chi connectivity index (χ3n) is 2.62. The predicted octanol–water partition coefficient (Wildman–Crippen LogP) is 2.14. The Morgan fingerprint density at radius 2 is 2.33 bits per heavy atom. The molecular weight excluding hydrogens is 202 g/mol. The first kappa shape index (κ1) is 10.4. The highest BCUT2D eigenvalue weighted by Crippen LogP contribution is 2.33. The zero-order valence-electron chi connectivity index (χ0n) is 8.54. The van der Waals surface area contributed by atoms with E-state index in [2.05, 4.69) is 0 Å². The lowest BCUT2D eigenvalue weighted by molar-refractivity contribution is 0.00737. The average Bonchev–Trinajstić information content (AvgIpc) is 2.68. The van der Waals surface area contributed by atoms with Crippen LogP contribution in [0.25, 0.3) is 0 Å². The van der Waals surface area contributed by atoms with E-state index < -0.39 is 5.92 Å². The summed E-state index contributed by atoms with van der Waals surface area (Å²) in [7, 11) is 0. The molecule has 0 radical (unpaired) electrons. The number of aromatic nitrogens is 1. The molecule has 0 bridgehead atoms. The standard InChI is InChI=1S/C10H14F2N2O/c1-10(11,12)9-4-7(13)5-14(9)8-2-3-15-6-8/h4-5,8H,2-3,6,13H2,1H3/t8-/m1/s1. The molecular formula is C10H14F2N2O. The third kappa shape index (κ3) is 1.97. The first-order valence-corrected chi connectivity index (χ1v) is 4.92. The van der Waals surface area contributed by atoms with Crippen molar-refractivity contribution < 1.29 is 13.5 Å². The van der Waals surface area contributed by atoms with Crippen molar-refractivity contribution in [3.63, 3.8) is 0 Å². The maximum Gasteiger partial charge on any atom is 0.285 e. The summed E-state index contributed by atoms with van der Waals surface area (Å²) in [4.78, 5) is 0. The molecule has 1 aromatic heterocycles. The van der Waals surface area contributed by atoms with Crippen LogP contribution in [-0.2, 0) is 10.7 Å². The van der Waals surface area contributed by atoms with Crippen LogP contribution < -0.4 is 5.73 Å². The first-order chi connectivity index (χ1) is 6.98. The number of hydrogen-bond acceptors (Lipinski definition) is 2. The molecule has 0 aromatic carbocycles. The second-order valence-electron chi connectivity index (χ2n) is 3.97. The molecule has 84 valence electrons. The fraction of sp³-hybridized carbons (Fsp3) is 0.600. The van der Waals surface area contributed by atoms with Gasteiger partial charge in [-0.15, -0.1) is 0 Å². The van der Waals surface area contributed by atoms with Gasteiger partial charge >= 0.3 is 0 Å². The molecule has 2 N–H and O–H groups in total. The number of nitrogens with zero attached hydrogens (tertiary/aromatic N) is 1. The van der Waals surface area contributed by atoms with Gasteiger partial charge in [0, 0.05) is 25.4 Å². The Balaban J connectivity index is 2.37. The second-order valence-corrected chi connectivity index (χ2v) is 3.97. The van der Waals surface area contributed by atoms with Crippen LogP contribution in [0.2, 0.25) is 0 Å². The maximum absolute atomic E-state index is 13.3. The van der Waals surface area contributed by atoms with Gasteiger partial charge in [0.15, 0.2) is 0 Å². The highest BCUT2D eigenvalue weighted by atomic mass is 19.3. The lowest BCUT2D eigenvalue weighted by Crippen LogP contribution is -2.18. The monoisotopic (exact) mass is 216 g/mol. The van der Waals surface area contributed by atoms with Crippen LogP contribution in [0, 0.1) is 0 Å². The van der Waals surface area contributed by atoms with Crippen molar-refractivity contribution in [1.29, 1.82) is 0 Å². The Bertz CT molecular complexity index is 351. The summed E-state index contributed by atoms with van der Waals surface area (Å²) in [5, 5.41) is 0. The zero-order valence-corrected chi connectivity index (χ0v) is 8.54. The Morgan fingerprint density at radius 1 is 1.60 bits per heavy atom. The highest BCUT2D eigenvalue weighted by Gasteiger charge is 2.32. The number of alkyl halides is 2. The Morgan fingerprint density at radius 3 is 2.87 bits per heavy atom. The van der Waals surface area contributed by atoms with Crippen molar-refractivity contribution in [3.05, 3.63) is 18.0 Å². The van der Waals surface area contributed by atoms with Crippen LogP contribution >= 0.6 is 0 Å². The molecule has 0 saturated carbocycles. The lowest BCUT2D eigenvalue weighted by atomic mass is 10.2. The summed E-state index contributed by atoms with van der Waals surface area (Å²) < 4.78 is 33.3. The van der Waals surface area contributed by atoms with Crippen molar-refractivity contribution in [2.45, 2.75) is 25.3 Å². The topological polar surface area (TPSA) is 40.2 Å². The first-order valence-electron chi connectivity index (χ1n) is 4.92. The Hall–Kier alpha value is -1.10. The number of ether oxygens (including phenoxy) is 1. The molecule has 1 aliphatic rings. The minimum absolute atomic E-state index is 0.0110. The van der Waals surface area contributed by atoms with E-state index in [-0.39, 0.29) is 11.7 Å². The van der Waals surface area contributed by atoms with Gasteiger partial charge in [0.05, 0.1) is 18.3 Å². The number of nitrogen functional groups attached to an aromatic ring is 1. The zero-order chi connectivity index (χ0) is 11.1. The molecule has 1 saturated heterocycles. The Kier molecular flexibility index (Phi) is 2.42. The van der Waals surface area contributed by atoms with E-state index in [0.29, 0.717) is 18.9 Å². The molecule has 1 fully saturated rings. The van der Waals surface area contributed by atoms with Gasteiger partial charge in [-0.25, -0.2) is 8.78 Å². The van der Waals surface area contributed by atoms with E-state index >= 15 is 0 Å². The minimum atomic E-state index is -2.86. The molecule has 0 unspecified atom stereocenters. The van der Waals surface area contributed by atoms with E-state index in [1.165, 1.54) is 6.07 Å². The molecule has 0 aliphatic carbocycles. The molecule has 2 heterocycles. The normalized spacial score (nSPS) is 22.2. The van der Waals surface area contributed by atoms with Crippen LogP contribution in [0.5, 0.6) is 0 Å². The largest absolute Gasteiger partial charge is 0.397 e. The van der Waals surface area contributed by atoms with E-state index in [1.807, 2.05) is 0 Å². The third-order valence-corrected chi connectivity index (χ3v) is 2.62. The summed E-state index contributed by atoms with van der Waals surface area (Å²) in [5.74, 6) is -2.86. The minimum Gasteiger partial charge on any atom is -0.397 e. The van der Waals surface area contributed by atoms with Crippen molar-refractivity contribution in [3.8, 4) is 0 Å². The fourth-order valence-corrected chi connectivity index (χ4v) is 1.90. The number of hydrogen-bond donors (Lipinski definition) is 1. The van der Waals surface area contributed by atoms with Crippen molar-refractivity contribution in [1.82, 2.24) is 4.57 Å². The lowest BCUT2D eigenvalue weighted by Gasteiger charge is -2.18. The van der Waals surface area contributed by atoms with Gasteiger partial charge in [-0.3, -0.25) is 0 Å². The summed E-state index contributed by atoms with van der Waals surface area (Å²) in [6.07, 6.45) is 2.32. The van der Waals surface area contributed by atoms with Gasteiger partial charge < -0.3 is 15.0 Å². The van der Waals surface area contributed by atoms with E-state index in [0.717, 1.165) is 13.3 Å². The maximum atomic E-state index is 13.3. The molecule has 5 heteroatoms. The van der Waals surface area contributed by atoms with Crippen LogP contribution in [0.1, 0.15) is 25.1 Å². The van der Waals surface area contributed by atoms with Gasteiger partial charge in [-0.1, -0.05) is 0 Å². The average molecular weight is 216 g/mol. The molecule has 2 rings (SSSR count). The van der Waals surface area contributed by atoms with Gasteiger partial charge in [0.1, 0.15) is 0 Å². The van der Waals surface area contributed by atoms with Gasteiger partial charge in [-0.05, 0) is 12.5 Å².